The number of hydrogen-bond donors (Lipinski definition) is 5. The largest absolute Gasteiger partial charge is 0.477 e. The molecule has 0 aromatic rings. The van der Waals surface area contributed by atoms with Crippen LogP contribution in [0, 0.1) is 11.8 Å². The molecule has 6 atom stereocenters. The van der Waals surface area contributed by atoms with Crippen molar-refractivity contribution < 1.29 is 28.2 Å². The van der Waals surface area contributed by atoms with Crippen molar-refractivity contribution in [2.45, 2.75) is 43.7 Å². The zero-order valence-corrected chi connectivity index (χ0v) is 16.6. The Morgan fingerprint density at radius 3 is 2.74 bits per heavy atom. The summed E-state index contributed by atoms with van der Waals surface area (Å²) in [5, 5.41) is 27.7. The molecule has 0 radical (unpaired) electrons. The first-order valence-electron chi connectivity index (χ1n) is 8.67. The van der Waals surface area contributed by atoms with E-state index in [0.717, 1.165) is 0 Å². The summed E-state index contributed by atoms with van der Waals surface area (Å²) < 4.78 is 24.3. The molecule has 0 unspecified atom stereocenters. The predicted octanol–water partition coefficient (Wildman–Crippen LogP) is -1.60. The number of thioether (sulfide) groups is 1. The highest BCUT2D eigenvalue weighted by Crippen LogP contribution is 2.51. The smallest absolute Gasteiger partial charge is 0.353 e. The van der Waals surface area contributed by atoms with Gasteiger partial charge in [-0.2, -0.15) is 8.42 Å². The van der Waals surface area contributed by atoms with Crippen LogP contribution in [-0.4, -0.2) is 71.9 Å². The van der Waals surface area contributed by atoms with E-state index in [1.165, 1.54) is 16.7 Å². The molecule has 27 heavy (non-hydrogen) atoms. The SMILES string of the molecule is C[C@@H](O)[C@H]1C(=O)N2C(C(=O)O)=C(S[C@@H]3CN[C@H](CNS(N)(=O)=O)C3)[C@H](C)[C@@H]12. The molecule has 0 aliphatic carbocycles. The van der Waals surface area contributed by atoms with Gasteiger partial charge in [0.1, 0.15) is 5.70 Å². The number of aliphatic carboxylic acids is 1. The van der Waals surface area contributed by atoms with Crippen molar-refractivity contribution in [1.29, 1.82) is 0 Å². The van der Waals surface area contributed by atoms with Gasteiger partial charge in [-0.25, -0.2) is 14.7 Å². The van der Waals surface area contributed by atoms with Crippen molar-refractivity contribution in [3.63, 3.8) is 0 Å². The molecule has 1 amide bonds. The van der Waals surface area contributed by atoms with E-state index >= 15 is 0 Å². The zero-order valence-electron chi connectivity index (χ0n) is 15.0. The number of carbonyl (C=O) groups excluding carboxylic acids is 1. The van der Waals surface area contributed by atoms with Gasteiger partial charge in [0.05, 0.1) is 18.1 Å². The van der Waals surface area contributed by atoms with E-state index in [4.69, 9.17) is 5.14 Å². The highest BCUT2D eigenvalue weighted by Gasteiger charge is 2.60. The number of nitrogens with one attached hydrogen (secondary N) is 2. The summed E-state index contributed by atoms with van der Waals surface area (Å²) in [6.07, 6.45) is -0.197. The quantitative estimate of drug-likeness (QED) is 0.308. The standard InChI is InChI=1S/C15H24N4O6S2/c1-6-11-10(7(2)20)14(21)19(11)12(15(22)23)13(6)26-9-3-8(17-5-9)4-18-27(16,24)25/h6-11,17-18,20H,3-5H2,1-2H3,(H,22,23)(H2,16,24,25)/t6-,7-,8+,9+,10-,11+/m1/s1. The Labute approximate surface area is 161 Å². The van der Waals surface area contributed by atoms with Gasteiger partial charge in [-0.1, -0.05) is 6.92 Å². The maximum absolute atomic E-state index is 12.3. The Hall–Kier alpha value is -1.18. The number of aliphatic hydroxyl groups excluding tert-OH is 1. The average molecular weight is 421 g/mol. The van der Waals surface area contributed by atoms with Crippen LogP contribution >= 0.6 is 11.8 Å². The predicted molar refractivity (Wildman–Crippen MR) is 98.5 cm³/mol. The molecule has 6 N–H and O–H groups in total. The third kappa shape index (κ3) is 3.87. The van der Waals surface area contributed by atoms with Gasteiger partial charge in [0.25, 0.3) is 10.2 Å². The van der Waals surface area contributed by atoms with E-state index < -0.39 is 28.2 Å². The molecule has 0 spiro atoms. The fraction of sp³-hybridized carbons (Fsp3) is 0.733. The highest BCUT2D eigenvalue weighted by molar-refractivity contribution is 8.03. The number of hydrogen-bond acceptors (Lipinski definition) is 7. The number of carbonyl (C=O) groups is 2. The molecule has 3 aliphatic rings. The van der Waals surface area contributed by atoms with Crippen molar-refractivity contribution in [2.24, 2.45) is 17.0 Å². The lowest BCUT2D eigenvalue weighted by Crippen LogP contribution is -2.63. The minimum Gasteiger partial charge on any atom is -0.477 e. The molecule has 12 heteroatoms. The van der Waals surface area contributed by atoms with Crippen LogP contribution in [0.4, 0.5) is 0 Å². The van der Waals surface area contributed by atoms with Gasteiger partial charge >= 0.3 is 5.97 Å². The number of fused-ring (bicyclic) bond motifs is 1. The summed E-state index contributed by atoms with van der Waals surface area (Å²) in [5.74, 6) is -2.27. The number of nitrogens with zero attached hydrogens (tertiary/aromatic N) is 1. The van der Waals surface area contributed by atoms with Gasteiger partial charge in [0.2, 0.25) is 5.91 Å². The van der Waals surface area contributed by atoms with E-state index in [1.807, 2.05) is 6.92 Å². The van der Waals surface area contributed by atoms with Crippen LogP contribution in [-0.2, 0) is 19.8 Å². The molecule has 0 aromatic carbocycles. The number of carboxylic acid groups (broad SMARTS) is 1. The Bertz CT molecular complexity index is 783. The van der Waals surface area contributed by atoms with Crippen LogP contribution in [0.3, 0.4) is 0 Å². The molecule has 0 aromatic heterocycles. The number of nitrogens with two attached hydrogens (primary N) is 1. The molecule has 2 saturated heterocycles. The minimum absolute atomic E-state index is 0.00510. The number of amides is 1. The van der Waals surface area contributed by atoms with E-state index in [9.17, 15) is 28.2 Å². The van der Waals surface area contributed by atoms with Gasteiger partial charge in [-0.15, -0.1) is 11.8 Å². The van der Waals surface area contributed by atoms with Crippen molar-refractivity contribution in [2.75, 3.05) is 13.1 Å². The molecular weight excluding hydrogens is 396 g/mol. The van der Waals surface area contributed by atoms with E-state index in [0.29, 0.717) is 17.9 Å². The molecule has 152 valence electrons. The molecule has 3 aliphatic heterocycles. The van der Waals surface area contributed by atoms with Crippen molar-refractivity contribution in [3.8, 4) is 0 Å². The lowest BCUT2D eigenvalue weighted by molar-refractivity contribution is -0.163. The second-order valence-electron chi connectivity index (χ2n) is 7.25. The van der Waals surface area contributed by atoms with Gasteiger partial charge in [0, 0.05) is 35.2 Å². The van der Waals surface area contributed by atoms with Crippen molar-refractivity contribution in [3.05, 3.63) is 10.6 Å². The fourth-order valence-electron chi connectivity index (χ4n) is 4.10. The molecule has 3 rings (SSSR count). The summed E-state index contributed by atoms with van der Waals surface area (Å²) in [5.41, 5.74) is 0.00510. The molecule has 0 saturated carbocycles. The Morgan fingerprint density at radius 2 is 2.19 bits per heavy atom. The lowest BCUT2D eigenvalue weighted by atomic mass is 9.79. The van der Waals surface area contributed by atoms with Crippen LogP contribution in [0.1, 0.15) is 20.3 Å². The van der Waals surface area contributed by atoms with Gasteiger partial charge in [-0.05, 0) is 13.3 Å². The number of carboxylic acids is 1. The van der Waals surface area contributed by atoms with Crippen molar-refractivity contribution >= 4 is 33.8 Å². The Morgan fingerprint density at radius 1 is 1.52 bits per heavy atom. The number of β-lactam (4-membered cyclic amide) rings is 1. The average Bonchev–Trinajstić information content (AvgIpc) is 3.07. The molecule has 10 nitrogen and oxygen atoms in total. The third-order valence-corrected chi connectivity index (χ3v) is 7.40. The van der Waals surface area contributed by atoms with E-state index in [1.54, 1.807) is 6.92 Å². The normalized spacial score (nSPS) is 34.6. The lowest BCUT2D eigenvalue weighted by Gasteiger charge is -2.46. The Kier molecular flexibility index (Phi) is 5.58. The molecule has 3 heterocycles. The second-order valence-corrected chi connectivity index (χ2v) is 9.97. The first-order valence-corrected chi connectivity index (χ1v) is 11.1. The van der Waals surface area contributed by atoms with E-state index in [-0.39, 0.29) is 41.4 Å². The first kappa shape index (κ1) is 20.6. The van der Waals surface area contributed by atoms with Crippen LogP contribution in [0.15, 0.2) is 10.6 Å². The number of rotatable bonds is 7. The summed E-state index contributed by atoms with van der Waals surface area (Å²) >= 11 is 1.41. The summed E-state index contributed by atoms with van der Waals surface area (Å²) in [6.45, 7) is 4.17. The van der Waals surface area contributed by atoms with Crippen LogP contribution < -0.4 is 15.2 Å². The van der Waals surface area contributed by atoms with Crippen LogP contribution in [0.2, 0.25) is 0 Å². The van der Waals surface area contributed by atoms with Gasteiger partial charge < -0.3 is 20.4 Å². The highest BCUT2D eigenvalue weighted by atomic mass is 32.2. The second kappa shape index (κ2) is 7.33. The van der Waals surface area contributed by atoms with E-state index in [2.05, 4.69) is 10.0 Å². The monoisotopic (exact) mass is 420 g/mol. The fourth-order valence-corrected chi connectivity index (χ4v) is 6.05. The molecule has 2 fully saturated rings. The van der Waals surface area contributed by atoms with Gasteiger partial charge in [0.15, 0.2) is 0 Å². The Balaban J connectivity index is 1.71. The van der Waals surface area contributed by atoms with Gasteiger partial charge in [-0.3, -0.25) is 4.79 Å². The molecular formula is C15H24N4O6S2. The maximum atomic E-state index is 12.3. The third-order valence-electron chi connectivity index (χ3n) is 5.32. The van der Waals surface area contributed by atoms with Crippen molar-refractivity contribution in [1.82, 2.24) is 14.9 Å². The van der Waals surface area contributed by atoms with Crippen LogP contribution in [0.5, 0.6) is 0 Å². The molecule has 0 bridgehead atoms. The van der Waals surface area contributed by atoms with Crippen LogP contribution in [0.25, 0.3) is 0 Å². The summed E-state index contributed by atoms with van der Waals surface area (Å²) in [7, 11) is -3.76. The summed E-state index contributed by atoms with van der Waals surface area (Å²) in [4.78, 5) is 26.1. The topological polar surface area (TPSA) is 162 Å². The maximum Gasteiger partial charge on any atom is 0.353 e. The first-order chi connectivity index (χ1) is 12.5. The zero-order chi connectivity index (χ0) is 20.1. The summed E-state index contributed by atoms with van der Waals surface area (Å²) in [6, 6.07) is -0.435. The number of aliphatic hydroxyl groups is 1. The minimum atomic E-state index is -3.76.